The molecule has 0 radical (unpaired) electrons. The monoisotopic (exact) mass is 282 g/mol. The van der Waals surface area contributed by atoms with Gasteiger partial charge in [-0.05, 0) is 11.8 Å². The molecule has 1 unspecified atom stereocenters. The molecular weight excluding hydrogens is 256 g/mol. The molecule has 6 nitrogen and oxygen atoms in total. The molecule has 1 aromatic rings. The molecule has 0 saturated carbocycles. The Morgan fingerprint density at radius 2 is 1.90 bits per heavy atom. The molecule has 1 amide bonds. The van der Waals surface area contributed by atoms with Crippen molar-refractivity contribution in [3.8, 4) is 0 Å². The highest BCUT2D eigenvalue weighted by Crippen LogP contribution is 2.22. The van der Waals surface area contributed by atoms with Crippen LogP contribution in [0.2, 0.25) is 0 Å². The van der Waals surface area contributed by atoms with E-state index in [-0.39, 0.29) is 35.2 Å². The van der Waals surface area contributed by atoms with E-state index < -0.39 is 0 Å². The molecule has 0 spiro atoms. The summed E-state index contributed by atoms with van der Waals surface area (Å²) in [6.07, 6.45) is 0.506. The number of carbonyl (C=O) groups is 1. The van der Waals surface area contributed by atoms with Gasteiger partial charge in [0.25, 0.3) is 5.91 Å². The third-order valence-corrected chi connectivity index (χ3v) is 3.17. The molecule has 1 heterocycles. The number of nitrogens with one attached hydrogen (secondary N) is 2. The van der Waals surface area contributed by atoms with Crippen LogP contribution in [0.5, 0.6) is 0 Å². The van der Waals surface area contributed by atoms with E-state index in [2.05, 4.69) is 20.5 Å². The molecule has 0 aromatic carbocycles. The Morgan fingerprint density at radius 3 is 2.30 bits per heavy atom. The van der Waals surface area contributed by atoms with Crippen LogP contribution < -0.4 is 5.32 Å². The highest BCUT2D eigenvalue weighted by molar-refractivity contribution is 5.90. The summed E-state index contributed by atoms with van der Waals surface area (Å²) in [6, 6.07) is -0.128. The predicted octanol–water partition coefficient (Wildman–Crippen LogP) is 1.63. The van der Waals surface area contributed by atoms with Crippen LogP contribution in [0.4, 0.5) is 0 Å². The average Bonchev–Trinajstić information content (AvgIpc) is 2.75. The standard InChI is InChI=1S/C14H26N4O2/c1-13(2,3)9(7-8-19)15-11(20)10-16-12(18-17-10)14(4,5)6/h9,19H,7-8H2,1-6H3,(H,15,20)(H,16,17,18). The largest absolute Gasteiger partial charge is 0.396 e. The first-order chi connectivity index (χ1) is 9.05. The fourth-order valence-electron chi connectivity index (χ4n) is 1.77. The van der Waals surface area contributed by atoms with Gasteiger partial charge in [0.1, 0.15) is 5.82 Å². The lowest BCUT2D eigenvalue weighted by Crippen LogP contribution is -2.44. The lowest BCUT2D eigenvalue weighted by atomic mass is 9.85. The first kappa shape index (κ1) is 16.6. The van der Waals surface area contributed by atoms with Gasteiger partial charge in [-0.3, -0.25) is 9.89 Å². The molecule has 1 rings (SSSR count). The lowest BCUT2D eigenvalue weighted by Gasteiger charge is -2.30. The third kappa shape index (κ3) is 4.30. The highest BCUT2D eigenvalue weighted by atomic mass is 16.3. The molecule has 20 heavy (non-hydrogen) atoms. The normalized spacial score (nSPS) is 14.2. The number of hydrogen-bond donors (Lipinski definition) is 3. The fraction of sp³-hybridized carbons (Fsp3) is 0.786. The van der Waals surface area contributed by atoms with Gasteiger partial charge in [0.15, 0.2) is 0 Å². The van der Waals surface area contributed by atoms with Crippen molar-refractivity contribution < 1.29 is 9.90 Å². The highest BCUT2D eigenvalue weighted by Gasteiger charge is 2.28. The summed E-state index contributed by atoms with van der Waals surface area (Å²) in [7, 11) is 0. The molecule has 0 saturated heterocycles. The van der Waals surface area contributed by atoms with Crippen molar-refractivity contribution >= 4 is 5.91 Å². The molecule has 0 aliphatic rings. The number of carbonyl (C=O) groups excluding carboxylic acids is 1. The van der Waals surface area contributed by atoms with Crippen LogP contribution >= 0.6 is 0 Å². The van der Waals surface area contributed by atoms with Gasteiger partial charge in [0.2, 0.25) is 5.82 Å². The van der Waals surface area contributed by atoms with Gasteiger partial charge in [-0.1, -0.05) is 41.5 Å². The van der Waals surface area contributed by atoms with Crippen molar-refractivity contribution in [2.24, 2.45) is 5.41 Å². The summed E-state index contributed by atoms with van der Waals surface area (Å²) in [6.45, 7) is 12.1. The number of aliphatic hydroxyl groups excluding tert-OH is 1. The number of rotatable bonds is 4. The zero-order valence-electron chi connectivity index (χ0n) is 13.2. The molecular formula is C14H26N4O2. The van der Waals surface area contributed by atoms with Gasteiger partial charge in [-0.2, -0.15) is 0 Å². The van der Waals surface area contributed by atoms with E-state index in [1.54, 1.807) is 0 Å². The summed E-state index contributed by atoms with van der Waals surface area (Å²) in [4.78, 5) is 16.4. The van der Waals surface area contributed by atoms with E-state index >= 15 is 0 Å². The van der Waals surface area contributed by atoms with Crippen LogP contribution in [-0.4, -0.2) is 38.8 Å². The van der Waals surface area contributed by atoms with Gasteiger partial charge >= 0.3 is 0 Å². The third-order valence-electron chi connectivity index (χ3n) is 3.17. The van der Waals surface area contributed by atoms with Crippen molar-refractivity contribution in [1.82, 2.24) is 20.5 Å². The van der Waals surface area contributed by atoms with Gasteiger partial charge in [0, 0.05) is 18.1 Å². The van der Waals surface area contributed by atoms with Crippen LogP contribution in [0, 0.1) is 5.41 Å². The van der Waals surface area contributed by atoms with Gasteiger partial charge < -0.3 is 10.4 Å². The van der Waals surface area contributed by atoms with Gasteiger partial charge in [-0.15, -0.1) is 5.10 Å². The second-order valence-electron chi connectivity index (χ2n) is 7.16. The van der Waals surface area contributed by atoms with Crippen LogP contribution in [0.1, 0.15) is 64.4 Å². The number of aromatic amines is 1. The molecule has 1 atom stereocenters. The Hall–Kier alpha value is -1.43. The Morgan fingerprint density at radius 1 is 1.30 bits per heavy atom. The zero-order valence-corrected chi connectivity index (χ0v) is 13.2. The molecule has 6 heteroatoms. The number of H-pyrrole nitrogens is 1. The lowest BCUT2D eigenvalue weighted by molar-refractivity contribution is 0.0875. The van der Waals surface area contributed by atoms with Crippen molar-refractivity contribution in [3.05, 3.63) is 11.6 Å². The van der Waals surface area contributed by atoms with Crippen molar-refractivity contribution in [1.29, 1.82) is 0 Å². The first-order valence-electron chi connectivity index (χ1n) is 6.90. The SMILES string of the molecule is CC(C)(C)c1nc(C(=O)NC(CCO)C(C)(C)C)n[nH]1. The van der Waals surface area contributed by atoms with Crippen LogP contribution in [0.25, 0.3) is 0 Å². The van der Waals surface area contributed by atoms with Gasteiger partial charge in [-0.25, -0.2) is 4.98 Å². The minimum Gasteiger partial charge on any atom is -0.396 e. The number of aliphatic hydroxyl groups is 1. The molecule has 114 valence electrons. The Bertz CT molecular complexity index is 454. The molecule has 0 fully saturated rings. The second-order valence-corrected chi connectivity index (χ2v) is 7.16. The zero-order chi connectivity index (χ0) is 15.6. The maximum absolute atomic E-state index is 12.2. The summed E-state index contributed by atoms with van der Waals surface area (Å²) in [5.74, 6) is 0.504. The number of nitrogens with zero attached hydrogens (tertiary/aromatic N) is 2. The summed E-state index contributed by atoms with van der Waals surface area (Å²) in [5, 5.41) is 18.8. The van der Waals surface area contributed by atoms with E-state index in [0.29, 0.717) is 12.2 Å². The maximum Gasteiger partial charge on any atom is 0.291 e. The molecule has 0 bridgehead atoms. The summed E-state index contributed by atoms with van der Waals surface area (Å²) in [5.41, 5.74) is -0.318. The van der Waals surface area contributed by atoms with Crippen molar-refractivity contribution in [2.75, 3.05) is 6.61 Å². The van der Waals surface area contributed by atoms with E-state index in [4.69, 9.17) is 5.11 Å². The average molecular weight is 282 g/mol. The van der Waals surface area contributed by atoms with Gasteiger partial charge in [0.05, 0.1) is 0 Å². The minimum atomic E-state index is -0.315. The van der Waals surface area contributed by atoms with Crippen LogP contribution in [0.15, 0.2) is 0 Å². The predicted molar refractivity (Wildman–Crippen MR) is 77.5 cm³/mol. The second kappa shape index (κ2) is 5.91. The fourth-order valence-corrected chi connectivity index (χ4v) is 1.77. The molecule has 0 aliphatic heterocycles. The Balaban J connectivity index is 2.82. The number of hydrogen-bond acceptors (Lipinski definition) is 4. The topological polar surface area (TPSA) is 90.9 Å². The summed E-state index contributed by atoms with van der Waals surface area (Å²) >= 11 is 0. The smallest absolute Gasteiger partial charge is 0.291 e. The minimum absolute atomic E-state index is 0.0312. The Kier molecular flexibility index (Phi) is 4.91. The van der Waals surface area contributed by atoms with Crippen molar-refractivity contribution in [3.63, 3.8) is 0 Å². The molecule has 3 N–H and O–H groups in total. The Labute approximate surface area is 120 Å². The van der Waals surface area contributed by atoms with E-state index in [1.165, 1.54) is 0 Å². The van der Waals surface area contributed by atoms with Crippen LogP contribution in [0.3, 0.4) is 0 Å². The van der Waals surface area contributed by atoms with E-state index in [9.17, 15) is 4.79 Å². The number of aromatic nitrogens is 3. The maximum atomic E-state index is 12.2. The summed E-state index contributed by atoms with van der Waals surface area (Å²) < 4.78 is 0. The van der Waals surface area contributed by atoms with E-state index in [0.717, 1.165) is 0 Å². The number of amides is 1. The first-order valence-corrected chi connectivity index (χ1v) is 6.90. The molecule has 1 aromatic heterocycles. The van der Waals surface area contributed by atoms with E-state index in [1.807, 2.05) is 41.5 Å². The van der Waals surface area contributed by atoms with Crippen molar-refractivity contribution in [2.45, 2.75) is 59.4 Å². The van der Waals surface area contributed by atoms with Crippen LogP contribution in [-0.2, 0) is 5.41 Å². The quantitative estimate of drug-likeness (QED) is 0.782. The molecule has 0 aliphatic carbocycles.